The van der Waals surface area contributed by atoms with Gasteiger partial charge in [-0.15, -0.1) is 0 Å². The molecule has 6 heteroatoms. The quantitative estimate of drug-likeness (QED) is 0.784. The van der Waals surface area contributed by atoms with Crippen LogP contribution in [0.3, 0.4) is 0 Å². The standard InChI is InChI=1S/C18H15ClN4O/c1-24-15-4-2-3-13(9-15)17-10-16(12-5-7-14(19)8-6-12)22-18-20-11-21-23(17)18/h2-11,17H,1H3,(H,20,21,22)/t17-/m0/s1. The van der Waals surface area contributed by atoms with E-state index in [4.69, 9.17) is 16.3 Å². The van der Waals surface area contributed by atoms with Crippen molar-refractivity contribution >= 4 is 23.2 Å². The van der Waals surface area contributed by atoms with E-state index >= 15 is 0 Å². The lowest BCUT2D eigenvalue weighted by Crippen LogP contribution is -2.20. The highest BCUT2D eigenvalue weighted by Gasteiger charge is 2.23. The number of halogens is 1. The lowest BCUT2D eigenvalue weighted by atomic mass is 10.0. The van der Waals surface area contributed by atoms with Crippen molar-refractivity contribution in [2.24, 2.45) is 0 Å². The average molecular weight is 339 g/mol. The molecule has 1 aliphatic heterocycles. The fraction of sp³-hybridized carbons (Fsp3) is 0.111. The Morgan fingerprint density at radius 1 is 1.17 bits per heavy atom. The topological polar surface area (TPSA) is 52.0 Å². The summed E-state index contributed by atoms with van der Waals surface area (Å²) in [5.74, 6) is 1.52. The van der Waals surface area contributed by atoms with E-state index in [-0.39, 0.29) is 6.04 Å². The van der Waals surface area contributed by atoms with Crippen molar-refractivity contribution in [1.82, 2.24) is 14.8 Å². The molecular formula is C18H15ClN4O. The van der Waals surface area contributed by atoms with Gasteiger partial charge in [-0.1, -0.05) is 35.9 Å². The van der Waals surface area contributed by atoms with Gasteiger partial charge in [0, 0.05) is 10.7 Å². The molecule has 2 aromatic carbocycles. The van der Waals surface area contributed by atoms with E-state index in [2.05, 4.69) is 27.5 Å². The van der Waals surface area contributed by atoms with E-state index in [1.54, 1.807) is 13.4 Å². The molecule has 0 amide bonds. The number of allylic oxidation sites excluding steroid dienone is 1. The predicted octanol–water partition coefficient (Wildman–Crippen LogP) is 4.00. The fourth-order valence-electron chi connectivity index (χ4n) is 2.79. The van der Waals surface area contributed by atoms with Gasteiger partial charge in [-0.25, -0.2) is 4.68 Å². The molecule has 4 rings (SSSR count). The van der Waals surface area contributed by atoms with E-state index in [1.165, 1.54) is 0 Å². The summed E-state index contributed by atoms with van der Waals surface area (Å²) in [7, 11) is 1.66. The van der Waals surface area contributed by atoms with Gasteiger partial charge >= 0.3 is 0 Å². The van der Waals surface area contributed by atoms with Gasteiger partial charge in [-0.2, -0.15) is 10.1 Å². The summed E-state index contributed by atoms with van der Waals surface area (Å²) < 4.78 is 7.20. The normalized spacial score (nSPS) is 16.1. The Labute approximate surface area is 144 Å². The summed E-state index contributed by atoms with van der Waals surface area (Å²) in [5, 5.41) is 8.38. The lowest BCUT2D eigenvalue weighted by Gasteiger charge is -2.24. The first-order valence-electron chi connectivity index (χ1n) is 7.53. The van der Waals surface area contributed by atoms with Crippen LogP contribution < -0.4 is 10.1 Å². The summed E-state index contributed by atoms with van der Waals surface area (Å²) in [6, 6.07) is 15.6. The van der Waals surface area contributed by atoms with E-state index in [9.17, 15) is 0 Å². The summed E-state index contributed by atoms with van der Waals surface area (Å²) in [6.07, 6.45) is 3.67. The van der Waals surface area contributed by atoms with Crippen molar-refractivity contribution < 1.29 is 4.74 Å². The lowest BCUT2D eigenvalue weighted by molar-refractivity contribution is 0.413. The van der Waals surface area contributed by atoms with E-state index in [0.29, 0.717) is 11.0 Å². The van der Waals surface area contributed by atoms with Gasteiger partial charge in [0.2, 0.25) is 5.95 Å². The van der Waals surface area contributed by atoms with E-state index < -0.39 is 0 Å². The molecule has 1 atom stereocenters. The number of methoxy groups -OCH3 is 1. The van der Waals surface area contributed by atoms with Crippen LogP contribution in [-0.2, 0) is 0 Å². The Balaban J connectivity index is 1.80. The van der Waals surface area contributed by atoms with Gasteiger partial charge in [0.1, 0.15) is 18.1 Å². The molecule has 5 nitrogen and oxygen atoms in total. The van der Waals surface area contributed by atoms with Crippen LogP contribution in [0.2, 0.25) is 5.02 Å². The van der Waals surface area contributed by atoms with Gasteiger partial charge in [0.05, 0.1) is 7.11 Å². The summed E-state index contributed by atoms with van der Waals surface area (Å²) in [5.41, 5.74) is 3.09. The van der Waals surface area contributed by atoms with Gasteiger partial charge in [-0.3, -0.25) is 0 Å². The summed E-state index contributed by atoms with van der Waals surface area (Å²) >= 11 is 5.99. The third-order valence-corrected chi connectivity index (χ3v) is 4.25. The largest absolute Gasteiger partial charge is 0.497 e. The Kier molecular flexibility index (Phi) is 3.70. The number of nitrogens with one attached hydrogen (secondary N) is 1. The van der Waals surface area contributed by atoms with Crippen LogP contribution in [0.4, 0.5) is 5.95 Å². The zero-order valence-corrected chi connectivity index (χ0v) is 13.7. The zero-order chi connectivity index (χ0) is 16.5. The van der Waals surface area contributed by atoms with Crippen molar-refractivity contribution in [3.8, 4) is 5.75 Å². The molecule has 1 aliphatic rings. The SMILES string of the molecule is COc1cccc([C@@H]2C=C(c3ccc(Cl)cc3)Nc3ncnn32)c1. The maximum Gasteiger partial charge on any atom is 0.226 e. The van der Waals surface area contributed by atoms with Crippen LogP contribution in [0, 0.1) is 0 Å². The molecule has 0 radical (unpaired) electrons. The maximum absolute atomic E-state index is 5.99. The molecule has 0 fully saturated rings. The van der Waals surface area contributed by atoms with E-state index in [1.807, 2.05) is 47.1 Å². The van der Waals surface area contributed by atoms with Crippen LogP contribution in [0.1, 0.15) is 17.2 Å². The molecule has 1 N–H and O–H groups in total. The number of anilines is 1. The second kappa shape index (κ2) is 6.02. The molecule has 120 valence electrons. The summed E-state index contributed by atoms with van der Waals surface area (Å²) in [4.78, 5) is 4.31. The number of ether oxygens (including phenoxy) is 1. The highest BCUT2D eigenvalue weighted by Crippen LogP contribution is 2.33. The minimum atomic E-state index is -0.0653. The molecule has 0 aliphatic carbocycles. The molecule has 0 saturated heterocycles. The van der Waals surface area contributed by atoms with Crippen LogP contribution in [0.5, 0.6) is 5.75 Å². The molecular weight excluding hydrogens is 324 g/mol. The van der Waals surface area contributed by atoms with Gasteiger partial charge in [0.15, 0.2) is 0 Å². The number of hydrogen-bond donors (Lipinski definition) is 1. The average Bonchev–Trinajstić information content (AvgIpc) is 3.10. The first-order chi connectivity index (χ1) is 11.7. The minimum Gasteiger partial charge on any atom is -0.497 e. The van der Waals surface area contributed by atoms with Gasteiger partial charge in [0.25, 0.3) is 0 Å². The van der Waals surface area contributed by atoms with Crippen LogP contribution in [0.25, 0.3) is 5.70 Å². The van der Waals surface area contributed by atoms with Crippen molar-refractivity contribution in [2.45, 2.75) is 6.04 Å². The Hall–Kier alpha value is -2.79. The maximum atomic E-state index is 5.99. The molecule has 0 spiro atoms. The molecule has 0 bridgehead atoms. The van der Waals surface area contributed by atoms with Gasteiger partial charge < -0.3 is 10.1 Å². The molecule has 24 heavy (non-hydrogen) atoms. The van der Waals surface area contributed by atoms with Crippen LogP contribution in [0.15, 0.2) is 60.9 Å². The number of fused-ring (bicyclic) bond motifs is 1. The van der Waals surface area contributed by atoms with Crippen LogP contribution in [-0.4, -0.2) is 21.9 Å². The molecule has 0 unspecified atom stereocenters. The first-order valence-corrected chi connectivity index (χ1v) is 7.90. The molecule has 0 saturated carbocycles. The second-order valence-electron chi connectivity index (χ2n) is 5.46. The van der Waals surface area contributed by atoms with Crippen molar-refractivity contribution in [3.63, 3.8) is 0 Å². The highest BCUT2D eigenvalue weighted by atomic mass is 35.5. The third-order valence-electron chi connectivity index (χ3n) is 4.00. The first kappa shape index (κ1) is 14.8. The Morgan fingerprint density at radius 2 is 2.00 bits per heavy atom. The Bertz CT molecular complexity index is 901. The Morgan fingerprint density at radius 3 is 2.79 bits per heavy atom. The van der Waals surface area contributed by atoms with Crippen molar-refractivity contribution in [3.05, 3.63) is 77.1 Å². The smallest absolute Gasteiger partial charge is 0.226 e. The third kappa shape index (κ3) is 2.63. The molecule has 3 aromatic rings. The number of nitrogens with zero attached hydrogens (tertiary/aromatic N) is 3. The number of rotatable bonds is 3. The monoisotopic (exact) mass is 338 g/mol. The molecule has 2 heterocycles. The number of aromatic nitrogens is 3. The van der Waals surface area contributed by atoms with Crippen LogP contribution >= 0.6 is 11.6 Å². The predicted molar refractivity (Wildman–Crippen MR) is 94.2 cm³/mol. The zero-order valence-electron chi connectivity index (χ0n) is 13.0. The van der Waals surface area contributed by atoms with Crippen molar-refractivity contribution in [2.75, 3.05) is 12.4 Å². The minimum absolute atomic E-state index is 0.0653. The highest BCUT2D eigenvalue weighted by molar-refractivity contribution is 6.30. The number of benzene rings is 2. The van der Waals surface area contributed by atoms with Crippen molar-refractivity contribution in [1.29, 1.82) is 0 Å². The number of hydrogen-bond acceptors (Lipinski definition) is 4. The summed E-state index contributed by atoms with van der Waals surface area (Å²) in [6.45, 7) is 0. The fourth-order valence-corrected chi connectivity index (χ4v) is 2.92. The van der Waals surface area contributed by atoms with E-state index in [0.717, 1.165) is 22.6 Å². The van der Waals surface area contributed by atoms with Gasteiger partial charge in [-0.05, 0) is 41.5 Å². The second-order valence-corrected chi connectivity index (χ2v) is 5.90. The molecule has 1 aromatic heterocycles.